The number of carbonyl (C=O) groups excluding carboxylic acids is 2. The zero-order valence-electron chi connectivity index (χ0n) is 20.6. The van der Waals surface area contributed by atoms with Gasteiger partial charge in [0.1, 0.15) is 6.04 Å². The molecule has 1 aliphatic heterocycles. The predicted octanol–water partition coefficient (Wildman–Crippen LogP) is 4.83. The Morgan fingerprint density at radius 2 is 1.72 bits per heavy atom. The average Bonchev–Trinajstić information content (AvgIpc) is 3.05. The summed E-state index contributed by atoms with van der Waals surface area (Å²) in [6.45, 7) is 5.92. The van der Waals surface area contributed by atoms with Gasteiger partial charge in [-0.2, -0.15) is 0 Å². The molecular weight excluding hydrogens is 542 g/mol. The smallest absolute Gasteiger partial charge is 0.265 e. The van der Waals surface area contributed by atoms with E-state index in [4.69, 9.17) is 0 Å². The molecular formula is C27H30BrN3O4S. The molecule has 0 saturated heterocycles. The minimum atomic E-state index is -3.67. The molecule has 190 valence electrons. The number of hydrogen-bond donors (Lipinski definition) is 1. The van der Waals surface area contributed by atoms with Crippen molar-refractivity contribution in [3.63, 3.8) is 0 Å². The lowest BCUT2D eigenvalue weighted by Crippen LogP contribution is -2.49. The van der Waals surface area contributed by atoms with Crippen molar-refractivity contribution in [3.05, 3.63) is 70.7 Å². The number of hydrogen-bond acceptors (Lipinski definition) is 4. The van der Waals surface area contributed by atoms with Gasteiger partial charge in [-0.05, 0) is 62.4 Å². The molecule has 7 nitrogen and oxygen atoms in total. The molecule has 0 unspecified atom stereocenters. The lowest BCUT2D eigenvalue weighted by molar-refractivity contribution is -0.140. The van der Waals surface area contributed by atoms with Gasteiger partial charge in [-0.25, -0.2) is 8.42 Å². The molecule has 0 fully saturated rings. The van der Waals surface area contributed by atoms with E-state index in [2.05, 4.69) is 21.2 Å². The summed E-state index contributed by atoms with van der Waals surface area (Å²) in [6.07, 6.45) is 0.446. The van der Waals surface area contributed by atoms with Gasteiger partial charge in [0.2, 0.25) is 11.8 Å². The summed E-state index contributed by atoms with van der Waals surface area (Å²) in [4.78, 5) is 28.0. The Hall–Kier alpha value is -2.91. The fourth-order valence-electron chi connectivity index (χ4n) is 4.54. The van der Waals surface area contributed by atoms with Gasteiger partial charge in [-0.3, -0.25) is 13.9 Å². The van der Waals surface area contributed by atoms with Crippen LogP contribution in [0.15, 0.2) is 70.0 Å². The summed E-state index contributed by atoms with van der Waals surface area (Å²) >= 11 is 3.46. The third-order valence-corrected chi connectivity index (χ3v) is 8.62. The molecule has 4 rings (SSSR count). The van der Waals surface area contributed by atoms with Crippen LogP contribution in [0, 0.1) is 0 Å². The zero-order chi connectivity index (χ0) is 26.0. The van der Waals surface area contributed by atoms with Crippen molar-refractivity contribution >= 4 is 54.2 Å². The Bertz CT molecular complexity index is 1400. The van der Waals surface area contributed by atoms with Crippen LogP contribution in [-0.2, 0) is 26.2 Å². The minimum Gasteiger partial charge on any atom is -0.352 e. The van der Waals surface area contributed by atoms with Crippen LogP contribution < -0.4 is 9.62 Å². The van der Waals surface area contributed by atoms with Gasteiger partial charge in [0.25, 0.3) is 10.0 Å². The van der Waals surface area contributed by atoms with Gasteiger partial charge in [0.05, 0.1) is 10.6 Å². The summed E-state index contributed by atoms with van der Waals surface area (Å²) < 4.78 is 28.7. The number of rotatable bonds is 9. The number of sulfonamides is 1. The molecule has 1 aliphatic rings. The Labute approximate surface area is 220 Å². The van der Waals surface area contributed by atoms with Crippen LogP contribution in [0.4, 0.5) is 5.69 Å². The third kappa shape index (κ3) is 5.27. The molecule has 0 bridgehead atoms. The number of halogens is 1. The summed E-state index contributed by atoms with van der Waals surface area (Å²) in [7, 11) is -3.67. The van der Waals surface area contributed by atoms with Crippen molar-refractivity contribution in [3.8, 4) is 0 Å². The molecule has 0 spiro atoms. The van der Waals surface area contributed by atoms with Gasteiger partial charge >= 0.3 is 0 Å². The molecule has 1 heterocycles. The molecule has 1 atom stereocenters. The molecule has 0 radical (unpaired) electrons. The highest BCUT2D eigenvalue weighted by atomic mass is 79.9. The lowest BCUT2D eigenvalue weighted by Gasteiger charge is -2.30. The van der Waals surface area contributed by atoms with Crippen LogP contribution in [0.5, 0.6) is 0 Å². The minimum absolute atomic E-state index is 0.0486. The topological polar surface area (TPSA) is 86.8 Å². The Morgan fingerprint density at radius 3 is 2.42 bits per heavy atom. The van der Waals surface area contributed by atoms with Crippen LogP contribution in [-0.4, -0.2) is 43.8 Å². The first-order valence-corrected chi connectivity index (χ1v) is 14.2. The monoisotopic (exact) mass is 571 g/mol. The first kappa shape index (κ1) is 26.2. The van der Waals surface area contributed by atoms with Crippen LogP contribution in [0.1, 0.15) is 39.2 Å². The molecule has 2 amide bonds. The molecule has 0 saturated carbocycles. The normalized spacial score (nSPS) is 14.8. The first-order valence-electron chi connectivity index (χ1n) is 12.0. The van der Waals surface area contributed by atoms with Crippen molar-refractivity contribution in [1.29, 1.82) is 0 Å². The average molecular weight is 573 g/mol. The predicted molar refractivity (Wildman–Crippen MR) is 145 cm³/mol. The second kappa shape index (κ2) is 10.6. The van der Waals surface area contributed by atoms with E-state index in [-0.39, 0.29) is 37.4 Å². The molecule has 3 aromatic carbocycles. The first-order chi connectivity index (χ1) is 17.1. The number of carbonyl (C=O) groups is 2. The Kier molecular flexibility index (Phi) is 7.70. The van der Waals surface area contributed by atoms with Crippen molar-refractivity contribution in [2.45, 2.75) is 57.1 Å². The summed E-state index contributed by atoms with van der Waals surface area (Å²) in [6, 6.07) is 17.7. The summed E-state index contributed by atoms with van der Waals surface area (Å²) in [5, 5.41) is 4.47. The van der Waals surface area contributed by atoms with Crippen molar-refractivity contribution < 1.29 is 18.0 Å². The second-order valence-corrected chi connectivity index (χ2v) is 12.0. The zero-order valence-corrected chi connectivity index (χ0v) is 23.0. The number of nitrogens with one attached hydrogen (secondary N) is 1. The van der Waals surface area contributed by atoms with Gasteiger partial charge in [0.15, 0.2) is 0 Å². The van der Waals surface area contributed by atoms with Gasteiger partial charge in [0, 0.05) is 35.4 Å². The van der Waals surface area contributed by atoms with Gasteiger partial charge < -0.3 is 10.2 Å². The van der Waals surface area contributed by atoms with Crippen molar-refractivity contribution in [2.75, 3.05) is 10.8 Å². The van der Waals surface area contributed by atoms with Crippen molar-refractivity contribution in [2.24, 2.45) is 0 Å². The van der Waals surface area contributed by atoms with E-state index in [1.807, 2.05) is 56.3 Å². The highest BCUT2D eigenvalue weighted by molar-refractivity contribution is 9.10. The highest BCUT2D eigenvalue weighted by Gasteiger charge is 2.35. The molecule has 9 heteroatoms. The number of anilines is 1. The van der Waals surface area contributed by atoms with E-state index in [1.54, 1.807) is 30.0 Å². The second-order valence-electron chi connectivity index (χ2n) is 9.30. The van der Waals surface area contributed by atoms with E-state index >= 15 is 0 Å². The number of nitrogens with zero attached hydrogens (tertiary/aromatic N) is 2. The quantitative estimate of drug-likeness (QED) is 0.398. The Morgan fingerprint density at radius 1 is 1.03 bits per heavy atom. The highest BCUT2D eigenvalue weighted by Crippen LogP contribution is 2.42. The molecule has 1 N–H and O–H groups in total. The number of benzene rings is 3. The van der Waals surface area contributed by atoms with Crippen LogP contribution >= 0.6 is 15.9 Å². The molecule has 3 aromatic rings. The van der Waals surface area contributed by atoms with E-state index in [0.29, 0.717) is 17.0 Å². The van der Waals surface area contributed by atoms with Crippen molar-refractivity contribution in [1.82, 2.24) is 10.2 Å². The van der Waals surface area contributed by atoms with Crippen LogP contribution in [0.3, 0.4) is 0 Å². The maximum Gasteiger partial charge on any atom is 0.265 e. The van der Waals surface area contributed by atoms with E-state index in [0.717, 1.165) is 20.8 Å². The maximum absolute atomic E-state index is 13.4. The summed E-state index contributed by atoms with van der Waals surface area (Å²) in [5.74, 6) is -0.425. The standard InChI is InChI=1S/C27H30BrN3O4S/c1-18(2)29-27(33)19(3)30(17-20-8-4-11-22(28)16-20)25(32)14-7-15-31-23-12-5-9-21-10-6-13-24(26(21)23)36(31,34)35/h4-6,8-13,16,18-19H,7,14-15,17H2,1-3H3,(H,29,33)/t19-/m1/s1. The molecule has 36 heavy (non-hydrogen) atoms. The molecule has 0 aromatic heterocycles. The fourth-order valence-corrected chi connectivity index (χ4v) is 6.73. The number of amides is 2. The Balaban J connectivity index is 1.50. The lowest BCUT2D eigenvalue weighted by atomic mass is 10.1. The maximum atomic E-state index is 13.4. The van der Waals surface area contributed by atoms with E-state index in [9.17, 15) is 18.0 Å². The SMILES string of the molecule is CC(C)NC(=O)[C@@H](C)N(Cc1cccc(Br)c1)C(=O)CCCN1c2cccc3cccc(c23)S1(=O)=O. The molecule has 0 aliphatic carbocycles. The van der Waals surface area contributed by atoms with Gasteiger partial charge in [-0.15, -0.1) is 0 Å². The van der Waals surface area contributed by atoms with Crippen LogP contribution in [0.25, 0.3) is 10.8 Å². The summed E-state index contributed by atoms with van der Waals surface area (Å²) in [5.41, 5.74) is 1.54. The largest absolute Gasteiger partial charge is 0.352 e. The van der Waals surface area contributed by atoms with E-state index < -0.39 is 16.1 Å². The van der Waals surface area contributed by atoms with Crippen LogP contribution in [0.2, 0.25) is 0 Å². The van der Waals surface area contributed by atoms with Gasteiger partial charge in [-0.1, -0.05) is 52.3 Å². The fraction of sp³-hybridized carbons (Fsp3) is 0.333. The van der Waals surface area contributed by atoms with E-state index in [1.165, 1.54) is 4.31 Å². The third-order valence-electron chi connectivity index (χ3n) is 6.27.